The van der Waals surface area contributed by atoms with Crippen LogP contribution < -0.4 is 97.8 Å². The summed E-state index contributed by atoms with van der Waals surface area (Å²) in [6, 6.07) is -11.3. The number of carbonyl (C=O) groups is 16. The monoisotopic (exact) mass is 1640 g/mol. The number of aliphatic imine (C=N–C) groups is 2. The third-order valence-corrected chi connectivity index (χ3v) is 18.6. The van der Waals surface area contributed by atoms with Crippen LogP contribution in [0.1, 0.15) is 138 Å². The van der Waals surface area contributed by atoms with Gasteiger partial charge in [0.15, 0.2) is 11.9 Å². The molecule has 28 N–H and O–H groups in total. The van der Waals surface area contributed by atoms with Crippen molar-refractivity contribution < 1.29 is 97.1 Å². The molecule has 1 saturated heterocycles. The number of carbonyl (C=O) groups excluding carboxylic acids is 14. The number of nitrogens with one attached hydrogen (secondary N) is 14. The zero-order valence-electron chi connectivity index (χ0n) is 66.4. The van der Waals surface area contributed by atoms with Crippen molar-refractivity contribution in [2.24, 2.45) is 56.4 Å². The quantitative estimate of drug-likeness (QED) is 0.0166. The molecule has 115 heavy (non-hydrogen) atoms. The highest BCUT2D eigenvalue weighted by Crippen LogP contribution is 2.23. The fraction of sp³-hybridized carbons (Fsp3) is 0.639. The highest BCUT2D eigenvalue weighted by Gasteiger charge is 2.41. The second kappa shape index (κ2) is 50.3. The molecule has 13 atom stereocenters. The van der Waals surface area contributed by atoms with Gasteiger partial charge < -0.3 is 128 Å². The maximum absolute atomic E-state index is 14.6. The number of hydrogen-bond donors (Lipinski definition) is 23. The Hall–Kier alpha value is -11.0. The van der Waals surface area contributed by atoms with Crippen molar-refractivity contribution >= 4 is 129 Å². The molecule has 642 valence electrons. The van der Waals surface area contributed by atoms with Crippen molar-refractivity contribution in [2.45, 2.75) is 217 Å². The molecule has 0 aliphatic carbocycles. The maximum Gasteiger partial charge on any atom is 0.326 e. The van der Waals surface area contributed by atoms with Crippen molar-refractivity contribution in [3.8, 4) is 0 Å². The van der Waals surface area contributed by atoms with E-state index < -0.39 is 212 Å². The number of aliphatic carboxylic acids is 2. The largest absolute Gasteiger partial charge is 0.481 e. The average molecular weight is 1640 g/mol. The first-order valence-corrected chi connectivity index (χ1v) is 39.3. The summed E-state index contributed by atoms with van der Waals surface area (Å²) in [6.07, 6.45) is 2.46. The van der Waals surface area contributed by atoms with Gasteiger partial charge in [0.1, 0.15) is 72.5 Å². The molecule has 3 rings (SSSR count). The Morgan fingerprint density at radius 3 is 1.47 bits per heavy atom. The molecule has 0 bridgehead atoms. The number of nitrogens with two attached hydrogens (primary N) is 5. The molecule has 0 radical (unpaired) electrons. The first kappa shape index (κ1) is 98.2. The van der Waals surface area contributed by atoms with E-state index in [0.717, 1.165) is 10.4 Å². The average Bonchev–Trinajstić information content (AvgIpc) is 1.72. The normalized spacial score (nSPS) is 15.6. The smallest absolute Gasteiger partial charge is 0.326 e. The minimum atomic E-state index is -1.77. The standard InChI is InChI=1S/C72H118N22O20S/c1-36(2)27-48(89-59(102)40(8)84-60(103)43(73)22-26-115-9)61(104)81-32-55(97)83-39(7)58(101)86-45(17-12-23-78-71(74)75)62(105)88-47(20-21-57(99)100)64(107)91-50(29-38(5)6)69(112)94-25-14-19-54(94)68(111)82-33-56(98)85-52(34-95)66(109)90-49(28-37(3)4)65(108)93-53(35-96)67(110)87-46(18-13-24-79-72(76)77)63(106)92-51(70(113)114)30-41-31-80-44-16-11-10-15-42(41)44/h10-11,15-16,31,36-40,43,45-54,80,95-96H,12-14,17-30,32-35,73H2,1-9H3,(H,81,104)(H,82,111)(H,83,97)(H,84,103)(H,85,98)(H,86,101)(H,87,110)(H,88,105)(H,89,102)(H,90,109)(H,91,107)(H,92,106)(H,93,108)(H,99,100)(H,113,114)(H4,74,75,78)(H4,76,77,79)/t39-,40-,43-,45-,46-,47-,48-,49-,50-,51-,52-,53-,54-/m0/s1. The summed E-state index contributed by atoms with van der Waals surface area (Å²) in [5.41, 5.74) is 29.2. The number of thioether (sulfide) groups is 1. The van der Waals surface area contributed by atoms with Crippen LogP contribution in [0.4, 0.5) is 0 Å². The molecule has 42 nitrogen and oxygen atoms in total. The van der Waals surface area contributed by atoms with Gasteiger partial charge in [-0.3, -0.25) is 81.9 Å². The van der Waals surface area contributed by atoms with Gasteiger partial charge in [-0.2, -0.15) is 11.8 Å². The molecule has 0 spiro atoms. The third kappa shape index (κ3) is 35.5. The fourth-order valence-corrected chi connectivity index (χ4v) is 12.5. The summed E-state index contributed by atoms with van der Waals surface area (Å²) < 4.78 is 0. The van der Waals surface area contributed by atoms with Crippen LogP contribution in [0, 0.1) is 17.8 Å². The summed E-state index contributed by atoms with van der Waals surface area (Å²) in [6.45, 7) is 9.35. The molecule has 1 fully saturated rings. The molecule has 0 unspecified atom stereocenters. The lowest BCUT2D eigenvalue weighted by Crippen LogP contribution is -2.60. The number of likely N-dealkylation sites (tertiary alicyclic amines) is 1. The molecular weight excluding hydrogens is 1520 g/mol. The number of carboxylic acids is 2. The lowest BCUT2D eigenvalue weighted by Gasteiger charge is -2.31. The predicted molar refractivity (Wildman–Crippen MR) is 423 cm³/mol. The van der Waals surface area contributed by atoms with Crippen LogP contribution in [-0.4, -0.2) is 273 Å². The Labute approximate surface area is 670 Å². The van der Waals surface area contributed by atoms with Crippen LogP contribution in [0.2, 0.25) is 0 Å². The number of hydrogen-bond acceptors (Lipinski definition) is 22. The number of rotatable bonds is 52. The van der Waals surface area contributed by atoms with Crippen molar-refractivity contribution in [2.75, 3.05) is 57.9 Å². The van der Waals surface area contributed by atoms with Crippen LogP contribution in [-0.2, 0) is 83.1 Å². The number of aromatic amines is 1. The van der Waals surface area contributed by atoms with E-state index in [9.17, 15) is 97.1 Å². The van der Waals surface area contributed by atoms with E-state index in [-0.39, 0.29) is 114 Å². The number of amides is 14. The van der Waals surface area contributed by atoms with Gasteiger partial charge in [0.25, 0.3) is 0 Å². The Morgan fingerprint density at radius 2 is 0.948 bits per heavy atom. The summed E-state index contributed by atoms with van der Waals surface area (Å²) in [7, 11) is 0. The van der Waals surface area contributed by atoms with Gasteiger partial charge in [-0.15, -0.1) is 0 Å². The molecule has 2 aromatic rings. The van der Waals surface area contributed by atoms with Crippen molar-refractivity contribution in [1.82, 2.24) is 79.0 Å². The number of guanidine groups is 2. The van der Waals surface area contributed by atoms with Gasteiger partial charge in [0.2, 0.25) is 82.7 Å². The van der Waals surface area contributed by atoms with E-state index in [1.165, 1.54) is 25.6 Å². The van der Waals surface area contributed by atoms with Crippen molar-refractivity contribution in [3.05, 3.63) is 36.0 Å². The number of aliphatic hydroxyl groups excluding tert-OH is 2. The van der Waals surface area contributed by atoms with E-state index in [1.54, 1.807) is 72.0 Å². The number of aliphatic hydroxyl groups is 2. The number of nitrogens with zero attached hydrogens (tertiary/aromatic N) is 3. The summed E-state index contributed by atoms with van der Waals surface area (Å²) in [5, 5.41) is 73.2. The second-order valence-electron chi connectivity index (χ2n) is 29.1. The van der Waals surface area contributed by atoms with Gasteiger partial charge >= 0.3 is 11.9 Å². The summed E-state index contributed by atoms with van der Waals surface area (Å²) in [4.78, 5) is 228. The number of para-hydroxylation sites is 1. The van der Waals surface area contributed by atoms with E-state index in [1.807, 2.05) is 6.26 Å². The Morgan fingerprint density at radius 1 is 0.513 bits per heavy atom. The lowest BCUT2D eigenvalue weighted by molar-refractivity contribution is -0.143. The van der Waals surface area contributed by atoms with E-state index in [2.05, 4.69) is 84.1 Å². The summed E-state index contributed by atoms with van der Waals surface area (Å²) >= 11 is 1.49. The van der Waals surface area contributed by atoms with Gasteiger partial charge in [-0.1, -0.05) is 59.7 Å². The molecule has 1 aromatic carbocycles. The van der Waals surface area contributed by atoms with Crippen LogP contribution in [0.25, 0.3) is 10.9 Å². The first-order valence-electron chi connectivity index (χ1n) is 37.9. The molecule has 43 heteroatoms. The molecule has 2 heterocycles. The fourth-order valence-electron chi connectivity index (χ4n) is 12.0. The minimum absolute atomic E-state index is 0.00931. The minimum Gasteiger partial charge on any atom is -0.481 e. The van der Waals surface area contributed by atoms with Gasteiger partial charge in [0, 0.05) is 49.6 Å². The Kier molecular flexibility index (Phi) is 43.0. The SMILES string of the molecule is CSCC[C@H](N)C(=O)N[C@@H](C)C(=O)N[C@@H](CC(C)C)C(=O)NCC(=O)N[C@@H](C)C(=O)N[C@@H](CCCN=C(N)N)C(=O)N[C@@H](CCC(=O)O)C(=O)N[C@@H](CC(C)C)C(=O)N1CCC[C@H]1C(=O)NCC(=O)N[C@@H](CO)C(=O)N[C@@H](CC(C)C)C(=O)N[C@@H](CO)C(=O)N[C@@H](CCCN=C(N)N)C(=O)N[C@@H](Cc1c[nH]c2ccccc12)C(=O)O. The highest BCUT2D eigenvalue weighted by atomic mass is 32.2. The van der Waals surface area contributed by atoms with Crippen molar-refractivity contribution in [3.63, 3.8) is 0 Å². The molecule has 0 saturated carbocycles. The third-order valence-electron chi connectivity index (χ3n) is 18.0. The van der Waals surface area contributed by atoms with Crippen LogP contribution in [0.5, 0.6) is 0 Å². The molecular formula is C72H118N22O20S. The number of aromatic nitrogens is 1. The van der Waals surface area contributed by atoms with E-state index in [0.29, 0.717) is 23.1 Å². The number of fused-ring (bicyclic) bond motifs is 1. The number of carboxylic acid groups (broad SMARTS) is 2. The first-order chi connectivity index (χ1) is 54.2. The lowest BCUT2D eigenvalue weighted by atomic mass is 10.0. The van der Waals surface area contributed by atoms with Gasteiger partial charge in [-0.25, -0.2) is 4.79 Å². The zero-order chi connectivity index (χ0) is 86.3. The molecule has 1 aliphatic heterocycles. The molecule has 14 amide bonds. The van der Waals surface area contributed by atoms with Gasteiger partial charge in [-0.05, 0) is 126 Å². The predicted octanol–water partition coefficient (Wildman–Crippen LogP) is -6.43. The topological polar surface area (TPSA) is 684 Å². The Bertz CT molecular complexity index is 3720. The van der Waals surface area contributed by atoms with Crippen LogP contribution in [0.3, 0.4) is 0 Å². The van der Waals surface area contributed by atoms with Gasteiger partial charge in [0.05, 0.1) is 32.3 Å². The molecule has 1 aromatic heterocycles. The number of H-pyrrole nitrogens is 1. The second-order valence-corrected chi connectivity index (χ2v) is 30.1. The van der Waals surface area contributed by atoms with Crippen LogP contribution >= 0.6 is 11.8 Å². The highest BCUT2D eigenvalue weighted by molar-refractivity contribution is 7.98. The Balaban J connectivity index is 1.72. The number of benzene rings is 1. The van der Waals surface area contributed by atoms with Crippen molar-refractivity contribution in [1.29, 1.82) is 0 Å². The van der Waals surface area contributed by atoms with Crippen LogP contribution in [0.15, 0.2) is 40.4 Å². The van der Waals surface area contributed by atoms with E-state index in [4.69, 9.17) is 28.7 Å². The van der Waals surface area contributed by atoms with E-state index >= 15 is 0 Å². The zero-order valence-corrected chi connectivity index (χ0v) is 67.2. The molecule has 1 aliphatic rings. The maximum atomic E-state index is 14.6. The summed E-state index contributed by atoms with van der Waals surface area (Å²) in [5.74, 6) is -16.2.